The predicted molar refractivity (Wildman–Crippen MR) is 124 cm³/mol. The van der Waals surface area contributed by atoms with Crippen LogP contribution in [-0.2, 0) is 0 Å². The summed E-state index contributed by atoms with van der Waals surface area (Å²) in [5.41, 5.74) is 5.37. The number of rotatable bonds is 4. The molecule has 0 radical (unpaired) electrons. The molecule has 0 saturated carbocycles. The number of aromatic amines is 2. The van der Waals surface area contributed by atoms with Crippen molar-refractivity contribution < 1.29 is 4.74 Å². The van der Waals surface area contributed by atoms with Gasteiger partial charge in [0.1, 0.15) is 0 Å². The number of ether oxygens (including phenoxy) is 1. The van der Waals surface area contributed by atoms with Crippen molar-refractivity contribution in [3.63, 3.8) is 0 Å². The third-order valence-corrected chi connectivity index (χ3v) is 5.34. The van der Waals surface area contributed by atoms with E-state index < -0.39 is 22.6 Å². The van der Waals surface area contributed by atoms with Crippen LogP contribution in [0.5, 0.6) is 11.6 Å². The van der Waals surface area contributed by atoms with Crippen molar-refractivity contribution in [3.05, 3.63) is 90.3 Å². The molecule has 170 valence electrons. The number of nitrogens with one attached hydrogen (secondary N) is 2. The number of pyridine rings is 1. The van der Waals surface area contributed by atoms with Crippen LogP contribution in [0.1, 0.15) is 0 Å². The Hall–Kier alpha value is -4.42. The number of H-pyrrole nitrogens is 2. The van der Waals surface area contributed by atoms with Crippen molar-refractivity contribution in [2.75, 3.05) is 5.73 Å². The van der Waals surface area contributed by atoms with Gasteiger partial charge in [-0.05, 0) is 29.8 Å². The number of benzene rings is 1. The minimum atomic E-state index is -0.833. The molecule has 0 fully saturated rings. The maximum absolute atomic E-state index is 12.1. The fraction of sp³-hybridized carbons (Fsp3) is 0. The van der Waals surface area contributed by atoms with E-state index in [1.165, 1.54) is 18.2 Å². The highest BCUT2D eigenvalue weighted by molar-refractivity contribution is 6.37. The van der Waals surface area contributed by atoms with E-state index in [1.54, 1.807) is 35.3 Å². The average Bonchev–Trinajstić information content (AvgIpc) is 3.27. The molecule has 4 heterocycles. The SMILES string of the molecule is Nc1nn(-c2cc(Cl)c(Oc3n[nH]c(=O)cc3-c3ccn4cncc4c3)c(Cl)c2)c(=O)[nH]c1=O. The molecule has 0 saturated heterocycles. The smallest absolute Gasteiger partial charge is 0.349 e. The molecule has 0 bridgehead atoms. The van der Waals surface area contributed by atoms with Gasteiger partial charge in [0.2, 0.25) is 11.7 Å². The molecule has 5 aromatic rings. The summed E-state index contributed by atoms with van der Waals surface area (Å²) in [7, 11) is 0. The summed E-state index contributed by atoms with van der Waals surface area (Å²) in [6.45, 7) is 0. The third kappa shape index (κ3) is 3.80. The molecule has 0 aliphatic heterocycles. The summed E-state index contributed by atoms with van der Waals surface area (Å²) in [5.74, 6) is -0.364. The lowest BCUT2D eigenvalue weighted by atomic mass is 10.1. The summed E-state index contributed by atoms with van der Waals surface area (Å²) in [6.07, 6.45) is 5.08. The lowest BCUT2D eigenvalue weighted by Crippen LogP contribution is -2.33. The number of hydrogen-bond acceptors (Lipinski definition) is 8. The molecule has 12 nitrogen and oxygen atoms in total. The summed E-state index contributed by atoms with van der Waals surface area (Å²) in [6, 6.07) is 7.59. The van der Waals surface area contributed by atoms with Crippen LogP contribution in [0.15, 0.2) is 63.4 Å². The first-order valence-corrected chi connectivity index (χ1v) is 10.2. The van der Waals surface area contributed by atoms with Crippen LogP contribution >= 0.6 is 23.2 Å². The fourth-order valence-corrected chi connectivity index (χ4v) is 3.77. The van der Waals surface area contributed by atoms with Gasteiger partial charge in [0, 0.05) is 12.3 Å². The Labute approximate surface area is 198 Å². The molecule has 0 spiro atoms. The first-order valence-electron chi connectivity index (χ1n) is 9.48. The molecule has 0 aliphatic carbocycles. The summed E-state index contributed by atoms with van der Waals surface area (Å²) in [5, 5.41) is 10.1. The Kier molecular flexibility index (Phi) is 5.15. The highest BCUT2D eigenvalue weighted by Crippen LogP contribution is 2.39. The lowest BCUT2D eigenvalue weighted by Gasteiger charge is -2.14. The van der Waals surface area contributed by atoms with Gasteiger partial charge in [0.05, 0.1) is 39.3 Å². The van der Waals surface area contributed by atoms with Crippen LogP contribution in [-0.4, -0.2) is 34.3 Å². The number of nitrogens with zero attached hydrogens (tertiary/aromatic N) is 5. The second-order valence-corrected chi connectivity index (χ2v) is 7.80. The van der Waals surface area contributed by atoms with Crippen molar-refractivity contribution in [2.24, 2.45) is 0 Å². The number of aromatic nitrogens is 7. The normalized spacial score (nSPS) is 11.1. The van der Waals surface area contributed by atoms with Crippen molar-refractivity contribution in [3.8, 4) is 28.4 Å². The van der Waals surface area contributed by atoms with Gasteiger partial charge in [-0.15, -0.1) is 10.2 Å². The van der Waals surface area contributed by atoms with Gasteiger partial charge in [-0.3, -0.25) is 14.6 Å². The topological polar surface area (TPSA) is 166 Å². The molecular formula is C20H12Cl2N8O4. The highest BCUT2D eigenvalue weighted by atomic mass is 35.5. The summed E-state index contributed by atoms with van der Waals surface area (Å²) in [4.78, 5) is 41.7. The highest BCUT2D eigenvalue weighted by Gasteiger charge is 2.18. The third-order valence-electron chi connectivity index (χ3n) is 4.78. The van der Waals surface area contributed by atoms with E-state index in [0.29, 0.717) is 11.1 Å². The molecule has 4 N–H and O–H groups in total. The van der Waals surface area contributed by atoms with Crippen LogP contribution < -0.4 is 27.3 Å². The molecule has 0 amide bonds. The number of imidazole rings is 1. The van der Waals surface area contributed by atoms with E-state index in [4.69, 9.17) is 33.7 Å². The minimum absolute atomic E-state index is 0.00571. The largest absolute Gasteiger partial charge is 0.434 e. The van der Waals surface area contributed by atoms with Crippen LogP contribution in [0.3, 0.4) is 0 Å². The van der Waals surface area contributed by atoms with Gasteiger partial charge in [0.25, 0.3) is 11.1 Å². The number of fused-ring (bicyclic) bond motifs is 1. The van der Waals surface area contributed by atoms with Crippen LogP contribution in [0.25, 0.3) is 22.3 Å². The Morgan fingerprint density at radius 2 is 1.82 bits per heavy atom. The van der Waals surface area contributed by atoms with Crippen molar-refractivity contribution in [1.29, 1.82) is 0 Å². The molecule has 0 unspecified atom stereocenters. The van der Waals surface area contributed by atoms with Crippen molar-refractivity contribution >= 4 is 34.5 Å². The lowest BCUT2D eigenvalue weighted by molar-refractivity contribution is 0.456. The maximum atomic E-state index is 12.1. The van der Waals surface area contributed by atoms with Gasteiger partial charge >= 0.3 is 5.69 Å². The van der Waals surface area contributed by atoms with E-state index in [9.17, 15) is 14.4 Å². The zero-order valence-corrected chi connectivity index (χ0v) is 18.3. The fourth-order valence-electron chi connectivity index (χ4n) is 3.21. The van der Waals surface area contributed by atoms with Gasteiger partial charge in [-0.2, -0.15) is 4.68 Å². The van der Waals surface area contributed by atoms with Crippen molar-refractivity contribution in [2.45, 2.75) is 0 Å². The zero-order valence-electron chi connectivity index (χ0n) is 16.8. The minimum Gasteiger partial charge on any atom is -0.434 e. The summed E-state index contributed by atoms with van der Waals surface area (Å²) < 4.78 is 8.52. The number of anilines is 1. The quantitative estimate of drug-likeness (QED) is 0.338. The van der Waals surface area contributed by atoms with Gasteiger partial charge < -0.3 is 14.9 Å². The predicted octanol–water partition coefficient (Wildman–Crippen LogP) is 2.00. The monoisotopic (exact) mass is 498 g/mol. The molecule has 14 heteroatoms. The Morgan fingerprint density at radius 3 is 2.59 bits per heavy atom. The molecule has 5 rings (SSSR count). The van der Waals surface area contributed by atoms with E-state index >= 15 is 0 Å². The molecular weight excluding hydrogens is 487 g/mol. The average molecular weight is 499 g/mol. The van der Waals surface area contributed by atoms with Gasteiger partial charge in [-0.1, -0.05) is 23.2 Å². The van der Waals surface area contributed by atoms with Gasteiger partial charge in [-0.25, -0.2) is 14.9 Å². The number of hydrogen-bond donors (Lipinski definition) is 3. The number of nitrogen functional groups attached to an aromatic ring is 1. The Bertz CT molecular complexity index is 1730. The molecule has 34 heavy (non-hydrogen) atoms. The van der Waals surface area contributed by atoms with Crippen LogP contribution in [0, 0.1) is 0 Å². The molecule has 1 aromatic carbocycles. The molecule has 0 aliphatic rings. The second-order valence-electron chi connectivity index (χ2n) is 6.99. The van der Waals surface area contributed by atoms with Crippen molar-refractivity contribution in [1.82, 2.24) is 34.3 Å². The number of halogens is 2. The van der Waals surface area contributed by atoms with E-state index in [1.807, 2.05) is 4.98 Å². The van der Waals surface area contributed by atoms with Crippen LogP contribution in [0.2, 0.25) is 10.0 Å². The van der Waals surface area contributed by atoms with Gasteiger partial charge in [0.15, 0.2) is 5.75 Å². The number of nitrogens with two attached hydrogens (primary N) is 1. The van der Waals surface area contributed by atoms with E-state index in [-0.39, 0.29) is 27.4 Å². The Balaban J connectivity index is 1.58. The summed E-state index contributed by atoms with van der Waals surface area (Å²) >= 11 is 12.8. The first-order chi connectivity index (χ1) is 16.3. The molecule has 0 atom stereocenters. The second kappa shape index (κ2) is 8.17. The van der Waals surface area contributed by atoms with Crippen LogP contribution in [0.4, 0.5) is 5.82 Å². The molecule has 4 aromatic heterocycles. The zero-order chi connectivity index (χ0) is 24.0. The first kappa shape index (κ1) is 21.4. The Morgan fingerprint density at radius 1 is 1.06 bits per heavy atom. The standard InChI is InChI=1S/C20H12Cl2N8O4/c21-13-4-10(30-20(33)25-18(32)17(23)28-30)5-14(22)16(13)34-19-12(6-15(31)26-27-19)9-1-2-29-8-24-7-11(29)3-9/h1-8H,(H2,23,28)(H,26,31)(H,25,32,33). The van der Waals surface area contributed by atoms with E-state index in [2.05, 4.69) is 20.3 Å². The maximum Gasteiger partial charge on any atom is 0.349 e. The van der Waals surface area contributed by atoms with E-state index in [0.717, 1.165) is 10.2 Å².